The van der Waals surface area contributed by atoms with Crippen LogP contribution < -0.4 is 10.2 Å². The molecule has 4 aromatic rings. The molecule has 2 aliphatic heterocycles. The molecule has 0 spiro atoms. The van der Waals surface area contributed by atoms with Crippen LogP contribution in [-0.2, 0) is 0 Å². The highest BCUT2D eigenvalue weighted by Gasteiger charge is 2.25. The first-order valence-corrected chi connectivity index (χ1v) is 11.6. The van der Waals surface area contributed by atoms with Gasteiger partial charge in [-0.3, -0.25) is 14.3 Å². The summed E-state index contributed by atoms with van der Waals surface area (Å²) in [6.07, 6.45) is 0. The van der Waals surface area contributed by atoms with Gasteiger partial charge in [0.05, 0.1) is 28.0 Å². The van der Waals surface area contributed by atoms with Crippen LogP contribution in [-0.4, -0.2) is 52.6 Å². The van der Waals surface area contributed by atoms with Crippen molar-refractivity contribution < 1.29 is 4.79 Å². The number of para-hydroxylation sites is 3. The molecular weight excluding hydrogens is 410 g/mol. The van der Waals surface area contributed by atoms with Gasteiger partial charge in [0.2, 0.25) is 0 Å². The first kappa shape index (κ1) is 20.0. The summed E-state index contributed by atoms with van der Waals surface area (Å²) in [6, 6.07) is 22.9. The first-order chi connectivity index (χ1) is 16.1. The van der Waals surface area contributed by atoms with Gasteiger partial charge >= 0.3 is 0 Å². The van der Waals surface area contributed by atoms with E-state index < -0.39 is 0 Å². The van der Waals surface area contributed by atoms with Crippen LogP contribution in [0.1, 0.15) is 24.2 Å². The number of aromatic nitrogens is 2. The number of imidazole rings is 1. The number of rotatable bonds is 3. The zero-order valence-corrected chi connectivity index (χ0v) is 19.0. The molecule has 0 bridgehead atoms. The van der Waals surface area contributed by atoms with Crippen LogP contribution in [0, 0.1) is 0 Å². The Hall–Kier alpha value is -3.64. The Kier molecular flexibility index (Phi) is 4.69. The fraction of sp³-hybridized carbons (Fsp3) is 0.259. The highest BCUT2D eigenvalue weighted by Crippen LogP contribution is 2.36. The summed E-state index contributed by atoms with van der Waals surface area (Å²) in [5.74, 6) is 0.742. The van der Waals surface area contributed by atoms with Crippen LogP contribution >= 0.6 is 0 Å². The summed E-state index contributed by atoms with van der Waals surface area (Å²) in [5, 5.41) is 3.06. The van der Waals surface area contributed by atoms with Gasteiger partial charge in [0.1, 0.15) is 5.82 Å². The molecule has 6 nitrogen and oxygen atoms in total. The number of nitrogens with zero attached hydrogens (tertiary/aromatic N) is 4. The van der Waals surface area contributed by atoms with E-state index in [1.54, 1.807) is 0 Å². The molecule has 0 atom stereocenters. The molecule has 33 heavy (non-hydrogen) atoms. The van der Waals surface area contributed by atoms with Gasteiger partial charge in [-0.05, 0) is 62.4 Å². The predicted molar refractivity (Wildman–Crippen MR) is 133 cm³/mol. The van der Waals surface area contributed by atoms with Crippen molar-refractivity contribution in [3.8, 4) is 17.1 Å². The molecule has 1 fully saturated rings. The smallest absolute Gasteiger partial charge is 0.257 e. The van der Waals surface area contributed by atoms with Crippen molar-refractivity contribution in [2.75, 3.05) is 36.4 Å². The number of carbonyl (C=O) groups excluding carboxylic acids is 1. The summed E-state index contributed by atoms with van der Waals surface area (Å²) in [5.41, 5.74) is 6.31. The van der Waals surface area contributed by atoms with Crippen molar-refractivity contribution in [3.05, 3.63) is 72.3 Å². The lowest BCUT2D eigenvalue weighted by Gasteiger charge is -2.38. The summed E-state index contributed by atoms with van der Waals surface area (Å²) in [6.45, 7) is 8.80. The number of nitrogens with one attached hydrogen (secondary N) is 1. The lowest BCUT2D eigenvalue weighted by molar-refractivity contribution is 0.102. The quantitative estimate of drug-likeness (QED) is 0.501. The van der Waals surface area contributed by atoms with Gasteiger partial charge in [-0.1, -0.05) is 18.2 Å². The highest BCUT2D eigenvalue weighted by molar-refractivity contribution is 6.14. The van der Waals surface area contributed by atoms with E-state index >= 15 is 0 Å². The van der Waals surface area contributed by atoms with Gasteiger partial charge in [0.25, 0.3) is 5.91 Å². The van der Waals surface area contributed by atoms with Crippen LogP contribution in [0.2, 0.25) is 0 Å². The molecule has 1 saturated heterocycles. The Bertz CT molecular complexity index is 1350. The predicted octanol–water partition coefficient (Wildman–Crippen LogP) is 4.79. The lowest BCUT2D eigenvalue weighted by atomic mass is 10.1. The molecule has 6 heteroatoms. The number of amides is 1. The van der Waals surface area contributed by atoms with Gasteiger partial charge in [-0.15, -0.1) is 0 Å². The molecule has 1 amide bonds. The van der Waals surface area contributed by atoms with Crippen molar-refractivity contribution in [3.63, 3.8) is 0 Å². The summed E-state index contributed by atoms with van der Waals surface area (Å²) in [7, 11) is 0. The second-order valence-corrected chi connectivity index (χ2v) is 9.08. The van der Waals surface area contributed by atoms with Gasteiger partial charge in [0.15, 0.2) is 0 Å². The monoisotopic (exact) mass is 437 g/mol. The molecule has 0 aliphatic carbocycles. The Morgan fingerprint density at radius 2 is 1.64 bits per heavy atom. The molecule has 0 radical (unpaired) electrons. The Morgan fingerprint density at radius 3 is 2.39 bits per heavy atom. The largest absolute Gasteiger partial charge is 0.369 e. The maximum absolute atomic E-state index is 12.9. The molecule has 0 unspecified atom stereocenters. The molecule has 3 heterocycles. The van der Waals surface area contributed by atoms with Crippen LogP contribution in [0.25, 0.3) is 28.1 Å². The maximum Gasteiger partial charge on any atom is 0.257 e. The topological polar surface area (TPSA) is 53.4 Å². The Balaban J connectivity index is 1.42. The molecule has 1 aromatic heterocycles. The fourth-order valence-corrected chi connectivity index (χ4v) is 5.02. The number of benzene rings is 3. The van der Waals surface area contributed by atoms with E-state index in [0.717, 1.165) is 60.0 Å². The average Bonchev–Trinajstić information content (AvgIpc) is 3.18. The Morgan fingerprint density at radius 1 is 0.879 bits per heavy atom. The summed E-state index contributed by atoms with van der Waals surface area (Å²) >= 11 is 0. The molecule has 2 aliphatic rings. The molecule has 0 saturated carbocycles. The number of piperazine rings is 1. The van der Waals surface area contributed by atoms with Crippen molar-refractivity contribution in [1.82, 2.24) is 14.5 Å². The van der Waals surface area contributed by atoms with E-state index in [9.17, 15) is 4.79 Å². The SMILES string of the molecule is CC(C)N1CCN(c2ccc(-c3nc4cccc5c4n3-c3ccccc3NC5=O)cc2)CC1. The average molecular weight is 438 g/mol. The minimum atomic E-state index is -0.103. The van der Waals surface area contributed by atoms with E-state index in [1.807, 2.05) is 42.5 Å². The van der Waals surface area contributed by atoms with Gasteiger partial charge in [0, 0.05) is 43.5 Å². The third-order valence-corrected chi connectivity index (χ3v) is 6.85. The van der Waals surface area contributed by atoms with Crippen LogP contribution in [0.3, 0.4) is 0 Å². The van der Waals surface area contributed by atoms with E-state index in [-0.39, 0.29) is 5.91 Å². The zero-order valence-electron chi connectivity index (χ0n) is 19.0. The van der Waals surface area contributed by atoms with Crippen molar-refractivity contribution in [2.24, 2.45) is 0 Å². The third-order valence-electron chi connectivity index (χ3n) is 6.85. The number of hydrogen-bond acceptors (Lipinski definition) is 4. The molecule has 166 valence electrons. The van der Waals surface area contributed by atoms with Gasteiger partial charge in [-0.2, -0.15) is 0 Å². The fourth-order valence-electron chi connectivity index (χ4n) is 5.02. The number of anilines is 2. The van der Waals surface area contributed by atoms with E-state index in [4.69, 9.17) is 4.98 Å². The summed E-state index contributed by atoms with van der Waals surface area (Å²) in [4.78, 5) is 22.9. The van der Waals surface area contributed by atoms with E-state index in [2.05, 4.69) is 57.8 Å². The first-order valence-electron chi connectivity index (χ1n) is 11.6. The van der Waals surface area contributed by atoms with Crippen molar-refractivity contribution in [1.29, 1.82) is 0 Å². The molecular formula is C27H27N5O. The second kappa shape index (κ2) is 7.74. The Labute approximate surface area is 193 Å². The van der Waals surface area contributed by atoms with Crippen LogP contribution in [0.15, 0.2) is 66.7 Å². The standard InChI is InChI=1S/C27H27N5O/c1-18(2)30-14-16-31(17-15-30)20-12-10-19(11-13-20)26-28-23-8-5-6-21-25(23)32(26)24-9-4-3-7-22(24)29-27(21)33/h3-13,18H,14-17H2,1-2H3,(H,29,33). The zero-order chi connectivity index (χ0) is 22.5. The number of carbonyl (C=O) groups is 1. The molecule has 1 N–H and O–H groups in total. The molecule has 3 aromatic carbocycles. The number of fused-ring (bicyclic) bond motifs is 2. The summed E-state index contributed by atoms with van der Waals surface area (Å²) < 4.78 is 2.12. The molecule has 6 rings (SSSR count). The normalized spacial score (nSPS) is 16.1. The lowest BCUT2D eigenvalue weighted by Crippen LogP contribution is -2.48. The maximum atomic E-state index is 12.9. The van der Waals surface area contributed by atoms with Gasteiger partial charge < -0.3 is 10.2 Å². The van der Waals surface area contributed by atoms with E-state index in [0.29, 0.717) is 11.6 Å². The minimum Gasteiger partial charge on any atom is -0.369 e. The van der Waals surface area contributed by atoms with Crippen LogP contribution in [0.5, 0.6) is 0 Å². The van der Waals surface area contributed by atoms with Crippen LogP contribution in [0.4, 0.5) is 11.4 Å². The third kappa shape index (κ3) is 3.29. The van der Waals surface area contributed by atoms with Gasteiger partial charge in [-0.25, -0.2) is 4.98 Å². The highest BCUT2D eigenvalue weighted by atomic mass is 16.1. The van der Waals surface area contributed by atoms with Crippen molar-refractivity contribution in [2.45, 2.75) is 19.9 Å². The minimum absolute atomic E-state index is 0.103. The van der Waals surface area contributed by atoms with Crippen molar-refractivity contribution >= 4 is 28.3 Å². The second-order valence-electron chi connectivity index (χ2n) is 9.08. The van der Waals surface area contributed by atoms with E-state index in [1.165, 1.54) is 5.69 Å². The number of hydrogen-bond donors (Lipinski definition) is 1.